The molecule has 0 aliphatic carbocycles. The van der Waals surface area contributed by atoms with Crippen LogP contribution in [0.15, 0.2) is 24.3 Å². The highest BCUT2D eigenvalue weighted by Crippen LogP contribution is 2.53. The molecule has 0 spiro atoms. The molecule has 11 N–H and O–H groups in total. The van der Waals surface area contributed by atoms with Crippen molar-refractivity contribution in [2.75, 3.05) is 6.61 Å². The molecule has 18 heteroatoms. The summed E-state index contributed by atoms with van der Waals surface area (Å²) in [5.74, 6) is -14.5. The van der Waals surface area contributed by atoms with E-state index < -0.39 is 135 Å². The molecular weight excluding hydrogens is 612 g/mol. The Bertz CT molecular complexity index is 1730. The molecule has 1 saturated heterocycles. The van der Waals surface area contributed by atoms with E-state index in [9.17, 15) is 70.6 Å². The van der Waals surface area contributed by atoms with Gasteiger partial charge in [0.2, 0.25) is 17.8 Å². The number of hydrogen-bond donors (Lipinski definition) is 11. The number of hydrogen-bond acceptors (Lipinski definition) is 18. The Morgan fingerprint density at radius 2 is 1.16 bits per heavy atom. The zero-order valence-corrected chi connectivity index (χ0v) is 22.2. The molecule has 2 aliphatic rings. The first-order chi connectivity index (χ1) is 21.1. The van der Waals surface area contributed by atoms with E-state index in [0.29, 0.717) is 24.3 Å². The molecule has 2 bridgehead atoms. The number of aliphatic hydroxyl groups excluding tert-OH is 2. The fourth-order valence-corrected chi connectivity index (χ4v) is 4.71. The summed E-state index contributed by atoms with van der Waals surface area (Å²) in [6.07, 6.45) is -10.2. The highest BCUT2D eigenvalue weighted by molar-refractivity contribution is 6.08. The zero-order valence-electron chi connectivity index (χ0n) is 22.2. The maximum Gasteiger partial charge on any atom is 0.340 e. The maximum absolute atomic E-state index is 13.5. The van der Waals surface area contributed by atoms with Gasteiger partial charge in [-0.05, 0) is 24.3 Å². The van der Waals surface area contributed by atoms with Gasteiger partial charge < -0.3 is 75.1 Å². The zero-order chi connectivity index (χ0) is 33.1. The lowest BCUT2D eigenvalue weighted by Crippen LogP contribution is -2.61. The van der Waals surface area contributed by atoms with Crippen molar-refractivity contribution in [3.05, 3.63) is 41.0 Å². The van der Waals surface area contributed by atoms with Crippen molar-refractivity contribution in [3.8, 4) is 62.9 Å². The van der Waals surface area contributed by atoms with Crippen molar-refractivity contribution in [2.24, 2.45) is 0 Å². The Morgan fingerprint density at radius 1 is 0.667 bits per heavy atom. The maximum atomic E-state index is 13.5. The van der Waals surface area contributed by atoms with Crippen LogP contribution in [0.2, 0.25) is 0 Å². The van der Waals surface area contributed by atoms with Gasteiger partial charge in [-0.15, -0.1) is 0 Å². The SMILES string of the molecule is O=C(O[C@@H]1O[C@@H]2COC(=O)c3cc(O)c(O)c(O)c3-c3c(cc(O)c(O)c3O)C(=O)O[C@@H]([C@@H]1O)[C@@H]2O)c1cc(O)c(O)c(O)c1. The quantitative estimate of drug-likeness (QED) is 0.0979. The fraction of sp³-hybridized carbons (Fsp3) is 0.222. The Balaban J connectivity index is 1.61. The average molecular weight is 634 g/mol. The lowest BCUT2D eigenvalue weighted by atomic mass is 9.91. The largest absolute Gasteiger partial charge is 0.504 e. The van der Waals surface area contributed by atoms with Crippen LogP contribution in [0, 0.1) is 0 Å². The molecule has 2 aliphatic heterocycles. The van der Waals surface area contributed by atoms with Crippen LogP contribution in [0.5, 0.6) is 51.7 Å². The molecule has 0 amide bonds. The molecule has 0 saturated carbocycles. The number of aromatic hydroxyl groups is 9. The summed E-state index contributed by atoms with van der Waals surface area (Å²) in [5, 5.41) is 113. The van der Waals surface area contributed by atoms with Gasteiger partial charge in [0.25, 0.3) is 0 Å². The van der Waals surface area contributed by atoms with E-state index in [-0.39, 0.29) is 0 Å². The predicted octanol–water partition coefficient (Wildman–Crippen LogP) is -0.297. The highest BCUT2D eigenvalue weighted by atomic mass is 16.7. The third-order valence-electron chi connectivity index (χ3n) is 6.99. The summed E-state index contributed by atoms with van der Waals surface area (Å²) in [4.78, 5) is 39.4. The van der Waals surface area contributed by atoms with Gasteiger partial charge in [-0.3, -0.25) is 0 Å². The third kappa shape index (κ3) is 5.07. The number of rotatable bonds is 2. The minimum absolute atomic E-state index is 0.508. The highest BCUT2D eigenvalue weighted by Gasteiger charge is 2.50. The number of phenolic OH excluding ortho intramolecular Hbond substituents is 9. The van der Waals surface area contributed by atoms with Gasteiger partial charge in [-0.25, -0.2) is 14.4 Å². The van der Waals surface area contributed by atoms with Crippen LogP contribution in [0.25, 0.3) is 11.1 Å². The normalized spacial score (nSPS) is 22.9. The Hall–Kier alpha value is -5.85. The first kappa shape index (κ1) is 30.6. The Morgan fingerprint density at radius 3 is 1.69 bits per heavy atom. The summed E-state index contributed by atoms with van der Waals surface area (Å²) in [6.45, 7) is -0.947. The standard InChI is InChI=1S/C27H22O18/c28-9-1-6(2-10(29)16(9)32)24(39)45-27-22(38)23-19(35)13(43-27)5-42-25(40)7-3-11(30)17(33)20(36)14(7)15-8(26(41)44-23)4-12(31)18(34)21(15)37/h1-4,13,19,22-23,27-38H,5H2/t13-,19-,22+,23-,27+/m1/s1. The Labute approximate surface area is 248 Å². The van der Waals surface area contributed by atoms with E-state index in [1.54, 1.807) is 0 Å². The second kappa shape index (κ2) is 11.0. The van der Waals surface area contributed by atoms with Gasteiger partial charge >= 0.3 is 17.9 Å². The van der Waals surface area contributed by atoms with Crippen molar-refractivity contribution >= 4 is 17.9 Å². The number of cyclic esters (lactones) is 1. The molecule has 3 aromatic rings. The first-order valence-electron chi connectivity index (χ1n) is 12.5. The van der Waals surface area contributed by atoms with E-state index in [2.05, 4.69) is 0 Å². The topological polar surface area (TPSA) is 311 Å². The van der Waals surface area contributed by atoms with Gasteiger partial charge in [0, 0.05) is 11.1 Å². The fourth-order valence-electron chi connectivity index (χ4n) is 4.71. The van der Waals surface area contributed by atoms with Gasteiger partial charge in [0.05, 0.1) is 16.7 Å². The molecule has 0 unspecified atom stereocenters. The van der Waals surface area contributed by atoms with Gasteiger partial charge in [-0.1, -0.05) is 0 Å². The van der Waals surface area contributed by atoms with Gasteiger partial charge in [0.1, 0.15) is 18.8 Å². The number of fused-ring (bicyclic) bond motifs is 5. The van der Waals surface area contributed by atoms with E-state index in [1.807, 2.05) is 0 Å². The second-order valence-corrected chi connectivity index (χ2v) is 9.79. The lowest BCUT2D eigenvalue weighted by molar-refractivity contribution is -0.284. The number of esters is 3. The molecule has 0 radical (unpaired) electrons. The number of benzene rings is 3. The van der Waals surface area contributed by atoms with Gasteiger partial charge in [0.15, 0.2) is 52.5 Å². The van der Waals surface area contributed by atoms with Crippen LogP contribution in [0.4, 0.5) is 0 Å². The van der Waals surface area contributed by atoms with Crippen LogP contribution < -0.4 is 0 Å². The van der Waals surface area contributed by atoms with Crippen molar-refractivity contribution in [1.29, 1.82) is 0 Å². The monoisotopic (exact) mass is 634 g/mol. The van der Waals surface area contributed by atoms with Crippen molar-refractivity contribution in [1.82, 2.24) is 0 Å². The van der Waals surface area contributed by atoms with Crippen LogP contribution in [0.3, 0.4) is 0 Å². The molecular formula is C27H22O18. The van der Waals surface area contributed by atoms with E-state index in [1.165, 1.54) is 0 Å². The summed E-state index contributed by atoms with van der Waals surface area (Å²) in [5.41, 5.74) is -4.12. The number of aliphatic hydroxyl groups is 2. The van der Waals surface area contributed by atoms with Crippen LogP contribution in [0.1, 0.15) is 31.1 Å². The molecule has 238 valence electrons. The summed E-state index contributed by atoms with van der Waals surface area (Å²) < 4.78 is 20.8. The minimum Gasteiger partial charge on any atom is -0.504 e. The van der Waals surface area contributed by atoms with Crippen LogP contribution in [-0.4, -0.2) is 111 Å². The molecule has 3 aromatic carbocycles. The van der Waals surface area contributed by atoms with E-state index in [0.717, 1.165) is 0 Å². The van der Waals surface area contributed by atoms with Crippen LogP contribution in [-0.2, 0) is 18.9 Å². The van der Waals surface area contributed by atoms with Gasteiger partial charge in [-0.2, -0.15) is 0 Å². The summed E-state index contributed by atoms with van der Waals surface area (Å²) in [7, 11) is 0. The number of ether oxygens (including phenoxy) is 4. The van der Waals surface area contributed by atoms with Crippen molar-refractivity contribution in [2.45, 2.75) is 30.7 Å². The summed E-state index contributed by atoms with van der Waals surface area (Å²) in [6, 6.07) is 2.45. The molecule has 45 heavy (non-hydrogen) atoms. The number of carbonyl (C=O) groups excluding carboxylic acids is 3. The molecule has 1 fully saturated rings. The molecule has 5 atom stereocenters. The lowest BCUT2D eigenvalue weighted by Gasteiger charge is -2.41. The minimum atomic E-state index is -2.22. The van der Waals surface area contributed by atoms with Crippen molar-refractivity contribution in [3.63, 3.8) is 0 Å². The molecule has 0 aromatic heterocycles. The predicted molar refractivity (Wildman–Crippen MR) is 139 cm³/mol. The number of phenols is 9. The van der Waals surface area contributed by atoms with Crippen molar-refractivity contribution < 1.29 is 89.5 Å². The van der Waals surface area contributed by atoms with E-state index in [4.69, 9.17) is 18.9 Å². The second-order valence-electron chi connectivity index (χ2n) is 9.79. The molecule has 5 rings (SSSR count). The first-order valence-corrected chi connectivity index (χ1v) is 12.5. The smallest absolute Gasteiger partial charge is 0.340 e. The number of carbonyl (C=O) groups is 3. The molecule has 18 nitrogen and oxygen atoms in total. The molecule has 2 heterocycles. The third-order valence-corrected chi connectivity index (χ3v) is 6.99. The van der Waals surface area contributed by atoms with E-state index >= 15 is 0 Å². The van der Waals surface area contributed by atoms with Crippen LogP contribution >= 0.6 is 0 Å². The average Bonchev–Trinajstić information content (AvgIpc) is 2.99. The summed E-state index contributed by atoms with van der Waals surface area (Å²) >= 11 is 0. The Kier molecular flexibility index (Phi) is 7.49.